The molecule has 0 spiro atoms. The number of nitro benzene ring substituents is 1. The van der Waals surface area contributed by atoms with Crippen LogP contribution in [0.15, 0.2) is 24.3 Å². The maximum Gasteiger partial charge on any atom is 0.269 e. The van der Waals surface area contributed by atoms with Crippen LogP contribution < -0.4 is 5.32 Å². The van der Waals surface area contributed by atoms with Gasteiger partial charge in [-0.05, 0) is 37.1 Å². The molecule has 0 bridgehead atoms. The Labute approximate surface area is 106 Å². The van der Waals surface area contributed by atoms with Gasteiger partial charge in [-0.25, -0.2) is 0 Å². The molecule has 1 aliphatic rings. The maximum absolute atomic E-state index is 10.5. The van der Waals surface area contributed by atoms with Gasteiger partial charge in [-0.1, -0.05) is 6.42 Å². The van der Waals surface area contributed by atoms with Gasteiger partial charge in [0, 0.05) is 18.2 Å². The number of ether oxygens (including phenoxy) is 1. The SMILES string of the molecule is O=[N+]([O-])c1ccc(COCC2CCCCN2)cc1. The average Bonchev–Trinajstić information content (AvgIpc) is 2.40. The number of piperidine rings is 1. The molecule has 1 heterocycles. The molecule has 0 aromatic heterocycles. The third kappa shape index (κ3) is 3.78. The van der Waals surface area contributed by atoms with Crippen molar-refractivity contribution in [3.05, 3.63) is 39.9 Å². The van der Waals surface area contributed by atoms with Crippen molar-refractivity contribution in [3.8, 4) is 0 Å². The number of benzene rings is 1. The van der Waals surface area contributed by atoms with E-state index in [9.17, 15) is 10.1 Å². The maximum atomic E-state index is 10.5. The number of nitrogens with one attached hydrogen (secondary N) is 1. The summed E-state index contributed by atoms with van der Waals surface area (Å²) < 4.78 is 5.63. The van der Waals surface area contributed by atoms with E-state index in [1.807, 2.05) is 0 Å². The van der Waals surface area contributed by atoms with Gasteiger partial charge in [0.15, 0.2) is 0 Å². The fourth-order valence-electron chi connectivity index (χ4n) is 2.10. The highest BCUT2D eigenvalue weighted by Crippen LogP contribution is 2.13. The van der Waals surface area contributed by atoms with Gasteiger partial charge in [-0.15, -0.1) is 0 Å². The zero-order chi connectivity index (χ0) is 12.8. The Bertz CT molecular complexity index is 386. The first-order valence-electron chi connectivity index (χ1n) is 6.30. The molecule has 1 aromatic carbocycles. The van der Waals surface area contributed by atoms with Crippen LogP contribution in [0.1, 0.15) is 24.8 Å². The average molecular weight is 250 g/mol. The number of rotatable bonds is 5. The highest BCUT2D eigenvalue weighted by molar-refractivity contribution is 5.32. The highest BCUT2D eigenvalue weighted by atomic mass is 16.6. The summed E-state index contributed by atoms with van der Waals surface area (Å²) in [5.74, 6) is 0. The molecule has 1 fully saturated rings. The van der Waals surface area contributed by atoms with Gasteiger partial charge >= 0.3 is 0 Å². The lowest BCUT2D eigenvalue weighted by atomic mass is 10.1. The number of nitrogens with zero attached hydrogens (tertiary/aromatic N) is 1. The zero-order valence-electron chi connectivity index (χ0n) is 10.3. The van der Waals surface area contributed by atoms with E-state index in [-0.39, 0.29) is 5.69 Å². The van der Waals surface area contributed by atoms with Crippen molar-refractivity contribution in [2.75, 3.05) is 13.2 Å². The van der Waals surface area contributed by atoms with Crippen molar-refractivity contribution in [1.82, 2.24) is 5.32 Å². The predicted molar refractivity (Wildman–Crippen MR) is 68.4 cm³/mol. The summed E-state index contributed by atoms with van der Waals surface area (Å²) in [6.07, 6.45) is 3.68. The highest BCUT2D eigenvalue weighted by Gasteiger charge is 2.12. The monoisotopic (exact) mass is 250 g/mol. The molecular weight excluding hydrogens is 232 g/mol. The third-order valence-corrected chi connectivity index (χ3v) is 3.15. The first kappa shape index (κ1) is 13.0. The van der Waals surface area contributed by atoms with Crippen molar-refractivity contribution in [2.24, 2.45) is 0 Å². The van der Waals surface area contributed by atoms with Crippen molar-refractivity contribution >= 4 is 5.69 Å². The molecule has 1 aromatic rings. The fraction of sp³-hybridized carbons (Fsp3) is 0.538. The van der Waals surface area contributed by atoms with Crippen molar-refractivity contribution in [1.29, 1.82) is 0 Å². The normalized spacial score (nSPS) is 19.7. The summed E-state index contributed by atoms with van der Waals surface area (Å²) in [6, 6.07) is 6.96. The Kier molecular flexibility index (Phi) is 4.66. The molecule has 1 saturated heterocycles. The Morgan fingerprint density at radius 3 is 2.72 bits per heavy atom. The Balaban J connectivity index is 1.74. The first-order chi connectivity index (χ1) is 8.75. The van der Waals surface area contributed by atoms with Crippen LogP contribution in [0, 0.1) is 10.1 Å². The van der Waals surface area contributed by atoms with Gasteiger partial charge in [0.25, 0.3) is 5.69 Å². The molecule has 1 atom stereocenters. The molecule has 1 aliphatic heterocycles. The van der Waals surface area contributed by atoms with E-state index < -0.39 is 4.92 Å². The van der Waals surface area contributed by atoms with E-state index in [1.54, 1.807) is 12.1 Å². The molecule has 5 nitrogen and oxygen atoms in total. The van der Waals surface area contributed by atoms with E-state index in [2.05, 4.69) is 5.32 Å². The molecule has 98 valence electrons. The summed E-state index contributed by atoms with van der Waals surface area (Å²) in [6.45, 7) is 2.29. The summed E-state index contributed by atoms with van der Waals surface area (Å²) in [7, 11) is 0. The molecule has 1 unspecified atom stereocenters. The van der Waals surface area contributed by atoms with Crippen molar-refractivity contribution in [2.45, 2.75) is 31.9 Å². The number of hydrogen-bond acceptors (Lipinski definition) is 4. The van der Waals surface area contributed by atoms with E-state index in [4.69, 9.17) is 4.74 Å². The Hall–Kier alpha value is -1.46. The van der Waals surface area contributed by atoms with Crippen LogP contribution in [0.4, 0.5) is 5.69 Å². The minimum atomic E-state index is -0.392. The Morgan fingerprint density at radius 2 is 2.11 bits per heavy atom. The topological polar surface area (TPSA) is 64.4 Å². The molecule has 18 heavy (non-hydrogen) atoms. The summed E-state index contributed by atoms with van der Waals surface area (Å²) in [5, 5.41) is 13.9. The van der Waals surface area contributed by atoms with Gasteiger partial charge in [0.1, 0.15) is 0 Å². The van der Waals surface area contributed by atoms with E-state index >= 15 is 0 Å². The second kappa shape index (κ2) is 6.47. The van der Waals surface area contributed by atoms with Gasteiger partial charge < -0.3 is 10.1 Å². The van der Waals surface area contributed by atoms with Crippen LogP contribution in [0.25, 0.3) is 0 Å². The van der Waals surface area contributed by atoms with E-state index in [1.165, 1.54) is 31.4 Å². The smallest absolute Gasteiger partial charge is 0.269 e. The second-order valence-corrected chi connectivity index (χ2v) is 4.59. The molecule has 0 amide bonds. The lowest BCUT2D eigenvalue weighted by molar-refractivity contribution is -0.384. The standard InChI is InChI=1S/C13H18N2O3/c16-15(17)13-6-4-11(5-7-13)9-18-10-12-3-1-2-8-14-12/h4-7,12,14H,1-3,8-10H2. The van der Waals surface area contributed by atoms with Crippen molar-refractivity contribution < 1.29 is 9.66 Å². The minimum Gasteiger partial charge on any atom is -0.375 e. The minimum absolute atomic E-state index is 0.118. The lowest BCUT2D eigenvalue weighted by Crippen LogP contribution is -2.37. The van der Waals surface area contributed by atoms with Gasteiger partial charge in [-0.3, -0.25) is 10.1 Å². The number of non-ortho nitro benzene ring substituents is 1. The van der Waals surface area contributed by atoms with Crippen LogP contribution in [-0.4, -0.2) is 24.1 Å². The molecule has 1 N–H and O–H groups in total. The predicted octanol–water partition coefficient (Wildman–Crippen LogP) is 2.25. The fourth-order valence-corrected chi connectivity index (χ4v) is 2.10. The van der Waals surface area contributed by atoms with E-state index in [0.29, 0.717) is 19.3 Å². The van der Waals surface area contributed by atoms with Gasteiger partial charge in [0.05, 0.1) is 18.1 Å². The van der Waals surface area contributed by atoms with Crippen LogP contribution in [0.3, 0.4) is 0 Å². The molecule has 5 heteroatoms. The lowest BCUT2D eigenvalue weighted by Gasteiger charge is -2.23. The zero-order valence-corrected chi connectivity index (χ0v) is 10.3. The summed E-state index contributed by atoms with van der Waals surface area (Å²) >= 11 is 0. The molecule has 0 saturated carbocycles. The van der Waals surface area contributed by atoms with Crippen LogP contribution in [0.5, 0.6) is 0 Å². The van der Waals surface area contributed by atoms with Gasteiger partial charge in [0.2, 0.25) is 0 Å². The van der Waals surface area contributed by atoms with Gasteiger partial charge in [-0.2, -0.15) is 0 Å². The summed E-state index contributed by atoms with van der Waals surface area (Å²) in [5.41, 5.74) is 1.09. The van der Waals surface area contributed by atoms with Crippen molar-refractivity contribution in [3.63, 3.8) is 0 Å². The number of nitro groups is 1. The van der Waals surface area contributed by atoms with Crippen LogP contribution >= 0.6 is 0 Å². The third-order valence-electron chi connectivity index (χ3n) is 3.15. The number of hydrogen-bond donors (Lipinski definition) is 1. The molecular formula is C13H18N2O3. The molecule has 0 aliphatic carbocycles. The quantitative estimate of drug-likeness (QED) is 0.643. The first-order valence-corrected chi connectivity index (χ1v) is 6.30. The molecule has 0 radical (unpaired) electrons. The van der Waals surface area contributed by atoms with Crippen LogP contribution in [0.2, 0.25) is 0 Å². The summed E-state index contributed by atoms with van der Waals surface area (Å²) in [4.78, 5) is 10.1. The van der Waals surface area contributed by atoms with E-state index in [0.717, 1.165) is 12.1 Å². The van der Waals surface area contributed by atoms with Crippen LogP contribution in [-0.2, 0) is 11.3 Å². The largest absolute Gasteiger partial charge is 0.375 e. The Morgan fingerprint density at radius 1 is 1.33 bits per heavy atom. The second-order valence-electron chi connectivity index (χ2n) is 4.59. The molecule has 2 rings (SSSR count).